The van der Waals surface area contributed by atoms with Gasteiger partial charge in [0.15, 0.2) is 4.34 Å². The van der Waals surface area contributed by atoms with Crippen LogP contribution in [0.1, 0.15) is 40.6 Å². The van der Waals surface area contributed by atoms with Gasteiger partial charge < -0.3 is 10.1 Å². The summed E-state index contributed by atoms with van der Waals surface area (Å²) in [6.07, 6.45) is 3.83. The summed E-state index contributed by atoms with van der Waals surface area (Å²) in [6.45, 7) is 2.04. The molecule has 1 aliphatic carbocycles. The average molecular weight is 478 g/mol. The second-order valence-corrected chi connectivity index (χ2v) is 10.2. The van der Waals surface area contributed by atoms with Crippen molar-refractivity contribution in [3.8, 4) is 0 Å². The van der Waals surface area contributed by atoms with E-state index in [-0.39, 0.29) is 24.0 Å². The first-order valence-corrected chi connectivity index (χ1v) is 12.4. The zero-order chi connectivity index (χ0) is 22.0. The molecule has 1 aromatic carbocycles. The molecule has 2 heterocycles. The number of hydrogen-bond donors (Lipinski definition) is 1. The van der Waals surface area contributed by atoms with Gasteiger partial charge >= 0.3 is 5.97 Å². The van der Waals surface area contributed by atoms with E-state index in [4.69, 9.17) is 4.74 Å². The highest BCUT2D eigenvalue weighted by Gasteiger charge is 2.27. The fourth-order valence-corrected chi connectivity index (χ4v) is 6.63. The van der Waals surface area contributed by atoms with Gasteiger partial charge in [-0.05, 0) is 44.2 Å². The van der Waals surface area contributed by atoms with Crippen LogP contribution in [0.4, 0.5) is 10.7 Å². The van der Waals surface area contributed by atoms with Gasteiger partial charge in [-0.25, -0.2) is 9.78 Å². The van der Waals surface area contributed by atoms with E-state index in [2.05, 4.69) is 10.3 Å². The van der Waals surface area contributed by atoms with Crippen molar-refractivity contribution in [3.05, 3.63) is 44.3 Å². The summed E-state index contributed by atoms with van der Waals surface area (Å²) >= 11 is 4.03. The molecule has 8 nitrogen and oxygen atoms in total. The predicted molar refractivity (Wildman–Crippen MR) is 123 cm³/mol. The number of benzene rings is 1. The molecule has 0 unspecified atom stereocenters. The van der Waals surface area contributed by atoms with Crippen molar-refractivity contribution in [1.29, 1.82) is 0 Å². The van der Waals surface area contributed by atoms with E-state index in [0.29, 0.717) is 25.1 Å². The first kappa shape index (κ1) is 21.7. The molecule has 11 heteroatoms. The highest BCUT2D eigenvalue weighted by Crippen LogP contribution is 2.39. The van der Waals surface area contributed by atoms with Crippen LogP contribution in [0.25, 0.3) is 10.2 Å². The Kier molecular flexibility index (Phi) is 6.54. The van der Waals surface area contributed by atoms with Gasteiger partial charge in [-0.1, -0.05) is 11.8 Å². The van der Waals surface area contributed by atoms with Gasteiger partial charge in [0, 0.05) is 17.0 Å². The molecular formula is C20H19N3O5S3. The molecule has 3 aromatic rings. The van der Waals surface area contributed by atoms with E-state index in [9.17, 15) is 19.7 Å². The zero-order valence-electron chi connectivity index (χ0n) is 16.6. The van der Waals surface area contributed by atoms with Crippen LogP contribution < -0.4 is 5.32 Å². The van der Waals surface area contributed by atoms with Crippen molar-refractivity contribution in [1.82, 2.24) is 4.98 Å². The fraction of sp³-hybridized carbons (Fsp3) is 0.350. The number of amides is 1. The first-order valence-electron chi connectivity index (χ1n) is 9.75. The number of thioether (sulfide) groups is 1. The molecule has 31 heavy (non-hydrogen) atoms. The number of fused-ring (bicyclic) bond motifs is 2. The zero-order valence-corrected chi connectivity index (χ0v) is 19.1. The van der Waals surface area contributed by atoms with Crippen molar-refractivity contribution in [2.45, 2.75) is 36.9 Å². The predicted octanol–water partition coefficient (Wildman–Crippen LogP) is 5.05. The summed E-state index contributed by atoms with van der Waals surface area (Å²) in [5.41, 5.74) is 2.17. The summed E-state index contributed by atoms with van der Waals surface area (Å²) in [5, 5.41) is 14.4. The summed E-state index contributed by atoms with van der Waals surface area (Å²) in [4.78, 5) is 41.2. The molecule has 162 valence electrons. The van der Waals surface area contributed by atoms with Gasteiger partial charge in [-0.3, -0.25) is 14.9 Å². The number of nitrogens with zero attached hydrogens (tertiary/aromatic N) is 2. The van der Waals surface area contributed by atoms with Crippen LogP contribution in [0.15, 0.2) is 22.5 Å². The second-order valence-electron chi connectivity index (χ2n) is 6.86. The van der Waals surface area contributed by atoms with E-state index in [1.165, 1.54) is 46.6 Å². The summed E-state index contributed by atoms with van der Waals surface area (Å²) < 4.78 is 6.57. The summed E-state index contributed by atoms with van der Waals surface area (Å²) in [6, 6.07) is 4.51. The maximum Gasteiger partial charge on any atom is 0.341 e. The van der Waals surface area contributed by atoms with E-state index >= 15 is 0 Å². The second kappa shape index (κ2) is 9.33. The van der Waals surface area contributed by atoms with Crippen LogP contribution in [-0.2, 0) is 22.4 Å². The lowest BCUT2D eigenvalue weighted by atomic mass is 9.95. The highest BCUT2D eigenvalue weighted by atomic mass is 32.2. The molecule has 0 fully saturated rings. The maximum absolute atomic E-state index is 12.6. The lowest BCUT2D eigenvalue weighted by molar-refractivity contribution is -0.384. The van der Waals surface area contributed by atoms with Crippen LogP contribution in [-0.4, -0.2) is 34.1 Å². The molecule has 2 aromatic heterocycles. The number of esters is 1. The fourth-order valence-electron chi connectivity index (χ4n) is 3.43. The van der Waals surface area contributed by atoms with Crippen LogP contribution in [0, 0.1) is 10.1 Å². The van der Waals surface area contributed by atoms with Crippen molar-refractivity contribution < 1.29 is 19.2 Å². The molecule has 0 bridgehead atoms. The van der Waals surface area contributed by atoms with Crippen LogP contribution in [0.2, 0.25) is 0 Å². The number of hydrogen-bond acceptors (Lipinski definition) is 9. The average Bonchev–Trinajstić information content (AvgIpc) is 3.32. The number of thiophene rings is 1. The molecule has 4 rings (SSSR count). The van der Waals surface area contributed by atoms with Crippen LogP contribution in [0.3, 0.4) is 0 Å². The van der Waals surface area contributed by atoms with E-state index in [1.54, 1.807) is 13.0 Å². The topological polar surface area (TPSA) is 111 Å². The molecule has 0 saturated carbocycles. The normalized spacial score (nSPS) is 13.1. The Hall–Kier alpha value is -2.50. The number of nitro benzene ring substituents is 1. The molecule has 0 spiro atoms. The van der Waals surface area contributed by atoms with Crippen molar-refractivity contribution >= 4 is 67.2 Å². The number of carbonyl (C=O) groups excluding carboxylic acids is 2. The van der Waals surface area contributed by atoms with Crippen molar-refractivity contribution in [3.63, 3.8) is 0 Å². The quantitative estimate of drug-likeness (QED) is 0.219. The van der Waals surface area contributed by atoms with E-state index < -0.39 is 10.9 Å². The Morgan fingerprint density at radius 2 is 2.10 bits per heavy atom. The van der Waals surface area contributed by atoms with Crippen LogP contribution >= 0.6 is 34.4 Å². The standard InChI is InChI=1S/C20H19N3O5S3/c1-2-28-19(25)17-12-5-3-4-6-14(12)30-18(17)22-16(24)10-29-20-21-13-8-7-11(23(26)27)9-15(13)31-20/h7-9H,2-6,10H2,1H3,(H,22,24). The molecule has 0 radical (unpaired) electrons. The molecule has 1 amide bonds. The van der Waals surface area contributed by atoms with E-state index in [0.717, 1.165) is 36.1 Å². The van der Waals surface area contributed by atoms with Gasteiger partial charge in [-0.15, -0.1) is 22.7 Å². The number of rotatable bonds is 7. The minimum absolute atomic E-state index is 0.0126. The Bertz CT molecular complexity index is 1170. The molecule has 0 aliphatic heterocycles. The maximum atomic E-state index is 12.6. The van der Waals surface area contributed by atoms with Gasteiger partial charge in [0.25, 0.3) is 5.69 Å². The number of nitro groups is 1. The number of carbonyl (C=O) groups is 2. The van der Waals surface area contributed by atoms with Gasteiger partial charge in [0.2, 0.25) is 5.91 Å². The number of thiazole rings is 1. The third-order valence-corrected chi connectivity index (χ3v) is 8.16. The molecular weight excluding hydrogens is 458 g/mol. The third kappa shape index (κ3) is 4.73. The Morgan fingerprint density at radius 1 is 1.29 bits per heavy atom. The van der Waals surface area contributed by atoms with Gasteiger partial charge in [0.1, 0.15) is 5.00 Å². The lowest BCUT2D eigenvalue weighted by Crippen LogP contribution is -2.17. The minimum Gasteiger partial charge on any atom is -0.462 e. The van der Waals surface area contributed by atoms with Crippen molar-refractivity contribution in [2.24, 2.45) is 0 Å². The smallest absolute Gasteiger partial charge is 0.341 e. The number of anilines is 1. The number of ether oxygens (including phenoxy) is 1. The molecule has 1 N–H and O–H groups in total. The monoisotopic (exact) mass is 477 g/mol. The number of aromatic nitrogens is 1. The minimum atomic E-state index is -0.443. The SMILES string of the molecule is CCOC(=O)c1c(NC(=O)CSc2nc3ccc([N+](=O)[O-])cc3s2)sc2c1CCCC2. The Balaban J connectivity index is 1.46. The van der Waals surface area contributed by atoms with Gasteiger partial charge in [0.05, 0.1) is 33.1 Å². The Morgan fingerprint density at radius 3 is 2.87 bits per heavy atom. The molecule has 0 atom stereocenters. The number of non-ortho nitro benzene ring substituents is 1. The largest absolute Gasteiger partial charge is 0.462 e. The molecule has 0 saturated heterocycles. The third-order valence-electron chi connectivity index (χ3n) is 4.79. The highest BCUT2D eigenvalue weighted by molar-refractivity contribution is 8.01. The lowest BCUT2D eigenvalue weighted by Gasteiger charge is -2.12. The summed E-state index contributed by atoms with van der Waals surface area (Å²) in [5.74, 6) is -0.510. The number of aryl methyl sites for hydroxylation is 1. The van der Waals surface area contributed by atoms with E-state index in [1.807, 2.05) is 0 Å². The Labute approximate surface area is 190 Å². The van der Waals surface area contributed by atoms with Crippen molar-refractivity contribution in [2.75, 3.05) is 17.7 Å². The van der Waals surface area contributed by atoms with Crippen LogP contribution in [0.5, 0.6) is 0 Å². The number of nitrogens with one attached hydrogen (secondary N) is 1. The summed E-state index contributed by atoms with van der Waals surface area (Å²) in [7, 11) is 0. The molecule has 1 aliphatic rings. The first-order chi connectivity index (χ1) is 15.0. The van der Waals surface area contributed by atoms with Gasteiger partial charge in [-0.2, -0.15) is 0 Å².